The van der Waals surface area contributed by atoms with Gasteiger partial charge in [-0.2, -0.15) is 0 Å². The maximum Gasteiger partial charge on any atom is 0.414 e. The summed E-state index contributed by atoms with van der Waals surface area (Å²) in [5.41, 5.74) is -2.24. The summed E-state index contributed by atoms with van der Waals surface area (Å²) in [5.74, 6) is -2.32. The summed E-state index contributed by atoms with van der Waals surface area (Å²) in [4.78, 5) is 27.3. The average Bonchev–Trinajstić information content (AvgIpc) is 2.92. The van der Waals surface area contributed by atoms with Crippen LogP contribution in [0.5, 0.6) is 0 Å². The van der Waals surface area contributed by atoms with Crippen molar-refractivity contribution in [3.63, 3.8) is 0 Å². The van der Waals surface area contributed by atoms with Gasteiger partial charge in [0, 0.05) is 7.05 Å². The minimum atomic E-state index is -1.68. The van der Waals surface area contributed by atoms with E-state index in [4.69, 9.17) is 9.84 Å². The van der Waals surface area contributed by atoms with E-state index >= 15 is 0 Å². The van der Waals surface area contributed by atoms with Crippen molar-refractivity contribution in [2.45, 2.75) is 31.9 Å². The molecule has 2 rings (SSSR count). The first-order chi connectivity index (χ1) is 12.4. The van der Waals surface area contributed by atoms with Crippen LogP contribution in [0.4, 0.5) is 9.18 Å². The molecule has 1 aliphatic heterocycles. The maximum absolute atomic E-state index is 14.4. The summed E-state index contributed by atoms with van der Waals surface area (Å²) in [5, 5.41) is 11.5. The van der Waals surface area contributed by atoms with Crippen molar-refractivity contribution in [2.24, 2.45) is 4.99 Å². The van der Waals surface area contributed by atoms with E-state index < -0.39 is 40.0 Å². The Morgan fingerprint density at radius 3 is 2.67 bits per heavy atom. The molecular formula is C16H20FN3O5S2. The molecule has 11 heteroatoms. The summed E-state index contributed by atoms with van der Waals surface area (Å²) in [6.45, 7) is 8.69. The third-order valence-corrected chi connectivity index (χ3v) is 6.23. The first-order valence-corrected chi connectivity index (χ1v) is 9.86. The Balaban J connectivity index is 2.48. The van der Waals surface area contributed by atoms with Crippen LogP contribution < -0.4 is 5.32 Å². The van der Waals surface area contributed by atoms with Crippen LogP contribution in [0, 0.1) is 5.82 Å². The number of amides is 1. The van der Waals surface area contributed by atoms with E-state index in [0.717, 1.165) is 6.07 Å². The van der Waals surface area contributed by atoms with E-state index in [1.54, 1.807) is 20.8 Å². The van der Waals surface area contributed by atoms with Gasteiger partial charge in [0.1, 0.15) is 32.8 Å². The normalized spacial score (nSPS) is 22.8. The summed E-state index contributed by atoms with van der Waals surface area (Å²) < 4.78 is 33.4. The van der Waals surface area contributed by atoms with Gasteiger partial charge in [-0.05, 0) is 26.8 Å². The van der Waals surface area contributed by atoms with E-state index in [-0.39, 0.29) is 21.5 Å². The molecule has 1 aromatic heterocycles. The highest BCUT2D eigenvalue weighted by atomic mass is 32.2. The van der Waals surface area contributed by atoms with Crippen LogP contribution in [-0.4, -0.2) is 50.0 Å². The standard InChI is InChI=1S/C16H20FN3O5S2/c1-6-16(11-9(17)7-10(26-11)12(21)22)8-27(24)20(5)13(19-16)18-14(23)25-15(2,3)4/h6-7H,1,8H2,2-5H3,(H,21,22)(H,18,19,23)/t16-,27?/m0/s1. The summed E-state index contributed by atoms with van der Waals surface area (Å²) in [7, 11) is -0.229. The van der Waals surface area contributed by atoms with Crippen molar-refractivity contribution in [1.82, 2.24) is 9.62 Å². The van der Waals surface area contributed by atoms with Crippen molar-refractivity contribution >= 4 is 40.3 Å². The van der Waals surface area contributed by atoms with Crippen molar-refractivity contribution in [2.75, 3.05) is 12.8 Å². The number of carboxylic acid groups (broad SMARTS) is 1. The number of rotatable bonds is 3. The van der Waals surface area contributed by atoms with Crippen molar-refractivity contribution in [3.05, 3.63) is 34.3 Å². The number of aliphatic imine (C=N–C) groups is 1. The molecule has 27 heavy (non-hydrogen) atoms. The van der Waals surface area contributed by atoms with Gasteiger partial charge in [0.2, 0.25) is 5.96 Å². The number of nitrogens with one attached hydrogen (secondary N) is 1. The number of thiophene rings is 1. The molecule has 1 aromatic rings. The second kappa shape index (κ2) is 7.39. The van der Waals surface area contributed by atoms with Gasteiger partial charge < -0.3 is 9.84 Å². The van der Waals surface area contributed by atoms with Crippen LogP contribution in [0.1, 0.15) is 35.3 Å². The summed E-state index contributed by atoms with van der Waals surface area (Å²) in [6.07, 6.45) is 0.470. The topological polar surface area (TPSA) is 108 Å². The van der Waals surface area contributed by atoms with Gasteiger partial charge in [-0.1, -0.05) is 6.08 Å². The number of carbonyl (C=O) groups is 2. The first-order valence-electron chi connectivity index (χ1n) is 7.77. The Bertz CT molecular complexity index is 846. The van der Waals surface area contributed by atoms with Crippen LogP contribution in [0.3, 0.4) is 0 Å². The number of ether oxygens (including phenoxy) is 1. The zero-order valence-electron chi connectivity index (χ0n) is 15.2. The molecule has 0 bridgehead atoms. The Hall–Kier alpha value is -2.27. The number of hydrogen-bond acceptors (Lipinski definition) is 6. The lowest BCUT2D eigenvalue weighted by atomic mass is 10.0. The second-order valence-corrected chi connectivity index (χ2v) is 9.28. The third kappa shape index (κ3) is 4.53. The molecule has 148 valence electrons. The van der Waals surface area contributed by atoms with Crippen LogP contribution >= 0.6 is 11.3 Å². The molecule has 1 aliphatic rings. The predicted molar refractivity (Wildman–Crippen MR) is 101 cm³/mol. The van der Waals surface area contributed by atoms with Gasteiger partial charge in [0.05, 0.1) is 10.6 Å². The molecule has 0 aromatic carbocycles. The molecule has 0 saturated carbocycles. The molecule has 2 atom stereocenters. The quantitative estimate of drug-likeness (QED) is 0.735. The SMILES string of the molecule is C=C[C@@]1(c2sc(C(=O)O)cc2F)CS(=O)N(C)C(NC(=O)OC(C)(C)C)=N1. The van der Waals surface area contributed by atoms with E-state index in [1.165, 1.54) is 17.4 Å². The highest BCUT2D eigenvalue weighted by Gasteiger charge is 2.42. The molecule has 1 unspecified atom stereocenters. The fourth-order valence-electron chi connectivity index (χ4n) is 2.26. The predicted octanol–water partition coefficient (Wildman–Crippen LogP) is 2.46. The summed E-state index contributed by atoms with van der Waals surface area (Å²) >= 11 is 0.682. The molecule has 1 amide bonds. The monoisotopic (exact) mass is 417 g/mol. The van der Waals surface area contributed by atoms with Crippen molar-refractivity contribution in [3.8, 4) is 0 Å². The molecule has 0 fully saturated rings. The fraction of sp³-hybridized carbons (Fsp3) is 0.438. The van der Waals surface area contributed by atoms with Crippen molar-refractivity contribution < 1.29 is 28.0 Å². The van der Waals surface area contributed by atoms with Crippen molar-refractivity contribution in [1.29, 1.82) is 0 Å². The smallest absolute Gasteiger partial charge is 0.414 e. The number of aromatic carboxylic acids is 1. The second-order valence-electron chi connectivity index (χ2n) is 6.75. The van der Waals surface area contributed by atoms with Gasteiger partial charge in [0.15, 0.2) is 0 Å². The molecule has 2 N–H and O–H groups in total. The van der Waals surface area contributed by atoms with Gasteiger partial charge in [-0.15, -0.1) is 17.9 Å². The Morgan fingerprint density at radius 2 is 2.19 bits per heavy atom. The number of halogens is 1. The number of carboxylic acids is 1. The number of carbonyl (C=O) groups excluding carboxylic acids is 1. The number of guanidine groups is 1. The van der Waals surface area contributed by atoms with E-state index in [0.29, 0.717) is 11.3 Å². The van der Waals surface area contributed by atoms with Gasteiger partial charge in [0.25, 0.3) is 0 Å². The van der Waals surface area contributed by atoms with Crippen LogP contribution in [-0.2, 0) is 21.3 Å². The van der Waals surface area contributed by atoms with E-state index in [9.17, 15) is 18.2 Å². The Morgan fingerprint density at radius 1 is 1.56 bits per heavy atom. The molecule has 2 heterocycles. The Labute approximate surface area is 162 Å². The Kier molecular flexibility index (Phi) is 5.76. The van der Waals surface area contributed by atoms with Gasteiger partial charge in [-0.3, -0.25) is 9.62 Å². The average molecular weight is 417 g/mol. The van der Waals surface area contributed by atoms with Gasteiger partial charge >= 0.3 is 12.1 Å². The van der Waals surface area contributed by atoms with Crippen LogP contribution in [0.2, 0.25) is 0 Å². The lowest BCUT2D eigenvalue weighted by Gasteiger charge is -2.35. The molecule has 8 nitrogen and oxygen atoms in total. The zero-order valence-corrected chi connectivity index (χ0v) is 16.9. The van der Waals surface area contributed by atoms with E-state index in [1.807, 2.05) is 0 Å². The van der Waals surface area contributed by atoms with Crippen LogP contribution in [0.15, 0.2) is 23.7 Å². The minimum absolute atomic E-state index is 0.0418. The molecule has 0 saturated heterocycles. The number of nitrogens with zero attached hydrogens (tertiary/aromatic N) is 2. The zero-order chi connectivity index (χ0) is 20.6. The highest BCUT2D eigenvalue weighted by molar-refractivity contribution is 7.83. The van der Waals surface area contributed by atoms with E-state index in [2.05, 4.69) is 16.9 Å². The highest BCUT2D eigenvalue weighted by Crippen LogP contribution is 2.38. The lowest BCUT2D eigenvalue weighted by molar-refractivity contribution is 0.0558. The number of hydrogen-bond donors (Lipinski definition) is 2. The molecule has 0 aliphatic carbocycles. The van der Waals surface area contributed by atoms with Gasteiger partial charge in [-0.25, -0.2) is 23.2 Å². The molecule has 0 radical (unpaired) electrons. The lowest BCUT2D eigenvalue weighted by Crippen LogP contribution is -2.52. The number of alkyl carbamates (subject to hydrolysis) is 1. The maximum atomic E-state index is 14.4. The largest absolute Gasteiger partial charge is 0.477 e. The summed E-state index contributed by atoms with van der Waals surface area (Å²) in [6, 6.07) is 0.880. The minimum Gasteiger partial charge on any atom is -0.477 e. The van der Waals surface area contributed by atoms with Crippen LogP contribution in [0.25, 0.3) is 0 Å². The third-order valence-electron chi connectivity index (χ3n) is 3.49. The molecule has 0 spiro atoms. The fourth-order valence-corrected chi connectivity index (χ4v) is 4.53. The first kappa shape index (κ1) is 21.0. The molecular weight excluding hydrogens is 397 g/mol.